The lowest BCUT2D eigenvalue weighted by atomic mass is 10.1. The highest BCUT2D eigenvalue weighted by Gasteiger charge is 2.55. The van der Waals surface area contributed by atoms with E-state index in [-0.39, 0.29) is 34.1 Å². The predicted molar refractivity (Wildman–Crippen MR) is 141 cm³/mol. The molecule has 0 amide bonds. The van der Waals surface area contributed by atoms with Gasteiger partial charge in [-0.15, -0.1) is 0 Å². The maximum Gasteiger partial charge on any atom is 0.472 e. The number of fused-ring (bicyclic) bond motifs is 4. The first-order valence-electron chi connectivity index (χ1n) is 12.9. The van der Waals surface area contributed by atoms with Gasteiger partial charge in [-0.25, -0.2) is 37.8 Å². The Morgan fingerprint density at radius 2 is 1.38 bits per heavy atom. The zero-order chi connectivity index (χ0) is 31.8. The van der Waals surface area contributed by atoms with Gasteiger partial charge in [0.05, 0.1) is 25.9 Å². The molecule has 7 N–H and O–H groups in total. The van der Waals surface area contributed by atoms with Gasteiger partial charge in [0.15, 0.2) is 47.4 Å². The molecule has 3 aliphatic rings. The second kappa shape index (κ2) is 10.8. The van der Waals surface area contributed by atoms with Crippen LogP contribution in [0, 0.1) is 0 Å². The van der Waals surface area contributed by atoms with E-state index in [1.807, 2.05) is 0 Å². The molecule has 45 heavy (non-hydrogen) atoms. The fourth-order valence-electron chi connectivity index (χ4n) is 5.25. The van der Waals surface area contributed by atoms with Crippen LogP contribution in [0.5, 0.6) is 0 Å². The van der Waals surface area contributed by atoms with E-state index in [1.165, 1.54) is 0 Å². The molecule has 3 saturated heterocycles. The third-order valence-corrected chi connectivity index (χ3v) is 9.20. The van der Waals surface area contributed by atoms with E-state index in [1.54, 1.807) is 0 Å². The normalized spacial score (nSPS) is 37.7. The Hall–Kier alpha value is -3.50. The lowest BCUT2D eigenvalue weighted by molar-refractivity contribution is -0.0662. The minimum Gasteiger partial charge on any atom is -0.382 e. The summed E-state index contributed by atoms with van der Waals surface area (Å²) in [7, 11) is -10.3. The van der Waals surface area contributed by atoms with Crippen LogP contribution in [0.2, 0.25) is 0 Å². The predicted octanol–water partition coefficient (Wildman–Crippen LogP) is -0.387. The third kappa shape index (κ3) is 5.29. The maximum atomic E-state index is 15.9. The Bertz CT molecular complexity index is 1940. The molecular weight excluding hydrogens is 656 g/mol. The fourth-order valence-corrected chi connectivity index (χ4v) is 7.16. The van der Waals surface area contributed by atoms with Crippen molar-refractivity contribution >= 4 is 49.7 Å². The van der Waals surface area contributed by atoms with Crippen LogP contribution >= 0.6 is 15.6 Å². The van der Waals surface area contributed by atoms with Crippen LogP contribution in [0.4, 0.5) is 20.5 Å². The van der Waals surface area contributed by atoms with Gasteiger partial charge in [-0.3, -0.25) is 37.0 Å². The Balaban J connectivity index is 1.17. The smallest absolute Gasteiger partial charge is 0.382 e. The molecule has 242 valence electrons. The number of nitrogens with one attached hydrogen (secondary N) is 1. The molecule has 3 aliphatic heterocycles. The summed E-state index contributed by atoms with van der Waals surface area (Å²) in [5.74, 6) is -0.332. The van der Waals surface area contributed by atoms with Gasteiger partial charge in [0, 0.05) is 0 Å². The number of halogens is 2. The van der Waals surface area contributed by atoms with Crippen LogP contribution < -0.4 is 17.0 Å². The maximum absolute atomic E-state index is 15.9. The number of hydrogen-bond acceptors (Lipinski definition) is 16. The van der Waals surface area contributed by atoms with Crippen molar-refractivity contribution < 1.29 is 55.3 Å². The number of aromatic amines is 1. The highest BCUT2D eigenvalue weighted by molar-refractivity contribution is 7.47. The summed E-state index contributed by atoms with van der Waals surface area (Å²) in [6.07, 6.45) is -11.7. The number of phosphoric ester groups is 2. The van der Waals surface area contributed by atoms with Gasteiger partial charge in [0.1, 0.15) is 36.3 Å². The molecule has 7 heterocycles. The molecule has 0 spiro atoms. The number of anilines is 2. The van der Waals surface area contributed by atoms with Crippen LogP contribution in [0.1, 0.15) is 12.5 Å². The van der Waals surface area contributed by atoms with Crippen molar-refractivity contribution in [2.24, 2.45) is 0 Å². The summed E-state index contributed by atoms with van der Waals surface area (Å²) >= 11 is 0. The van der Waals surface area contributed by atoms with Crippen molar-refractivity contribution in [3.05, 3.63) is 29.3 Å². The van der Waals surface area contributed by atoms with E-state index >= 15 is 8.78 Å². The van der Waals surface area contributed by atoms with E-state index in [0.717, 1.165) is 28.1 Å². The van der Waals surface area contributed by atoms with Gasteiger partial charge in [-0.2, -0.15) is 4.98 Å². The summed E-state index contributed by atoms with van der Waals surface area (Å²) in [6.45, 7) is -1.89. The van der Waals surface area contributed by atoms with Crippen molar-refractivity contribution in [3.63, 3.8) is 0 Å². The molecular formula is C20H22F2N10O11P2. The Morgan fingerprint density at radius 1 is 0.844 bits per heavy atom. The minimum absolute atomic E-state index is 0.0127. The molecule has 25 heteroatoms. The lowest BCUT2D eigenvalue weighted by Gasteiger charge is -2.27. The van der Waals surface area contributed by atoms with Gasteiger partial charge in [-0.05, 0) is 0 Å². The van der Waals surface area contributed by atoms with Crippen molar-refractivity contribution in [1.29, 1.82) is 0 Å². The Labute approximate surface area is 247 Å². The van der Waals surface area contributed by atoms with Crippen molar-refractivity contribution in [2.75, 3.05) is 24.7 Å². The van der Waals surface area contributed by atoms with Gasteiger partial charge >= 0.3 is 15.6 Å². The minimum atomic E-state index is -5.18. The molecule has 10 atom stereocenters. The van der Waals surface area contributed by atoms with Crippen LogP contribution in [0.15, 0.2) is 23.8 Å². The molecule has 4 aromatic heterocycles. The number of H-pyrrole nitrogens is 1. The molecule has 7 rings (SSSR count). The molecule has 4 aromatic rings. The molecule has 0 saturated carbocycles. The molecule has 0 radical (unpaired) electrons. The monoisotopic (exact) mass is 678 g/mol. The van der Waals surface area contributed by atoms with E-state index in [0.29, 0.717) is 0 Å². The second-order valence-corrected chi connectivity index (χ2v) is 12.9. The van der Waals surface area contributed by atoms with Gasteiger partial charge < -0.3 is 30.7 Å². The SMILES string of the molecule is Nc1nc2c(ncn2[C@@H]2O[C@@H]3COP(=O)(O)O[C@@H]4C(COP(=O)(O)O[C@H]3[C@H]2F)O[C@@H](n2cnc3c(N)ncnc32)[C@@H]4F)c(=O)[nH]1. The highest BCUT2D eigenvalue weighted by Crippen LogP contribution is 2.54. The summed E-state index contributed by atoms with van der Waals surface area (Å²) in [4.78, 5) is 55.0. The molecule has 21 nitrogen and oxygen atoms in total. The number of alkyl halides is 2. The van der Waals surface area contributed by atoms with Crippen molar-refractivity contribution in [2.45, 2.75) is 49.2 Å². The van der Waals surface area contributed by atoms with E-state index in [2.05, 4.69) is 29.9 Å². The number of nitrogens with zero attached hydrogens (tertiary/aromatic N) is 7. The summed E-state index contributed by atoms with van der Waals surface area (Å²) < 4.78 is 91.3. The van der Waals surface area contributed by atoms with Gasteiger partial charge in [0.25, 0.3) is 5.56 Å². The number of hydrogen-bond donors (Lipinski definition) is 5. The average molecular weight is 678 g/mol. The van der Waals surface area contributed by atoms with Crippen molar-refractivity contribution in [3.8, 4) is 0 Å². The molecule has 3 unspecified atom stereocenters. The number of aromatic nitrogens is 8. The fraction of sp³-hybridized carbons (Fsp3) is 0.500. The van der Waals surface area contributed by atoms with E-state index < -0.39 is 83.6 Å². The Kier molecular flexibility index (Phi) is 7.24. The molecule has 0 aliphatic carbocycles. The first kappa shape index (κ1) is 30.2. The van der Waals surface area contributed by atoms with Crippen LogP contribution in [0.3, 0.4) is 0 Å². The zero-order valence-electron chi connectivity index (χ0n) is 22.3. The first-order chi connectivity index (χ1) is 21.3. The lowest BCUT2D eigenvalue weighted by Crippen LogP contribution is -2.37. The third-order valence-electron chi connectivity index (χ3n) is 7.23. The number of imidazole rings is 2. The summed E-state index contributed by atoms with van der Waals surface area (Å²) in [5, 5.41) is 0. The standard InChI is InChI=1S/C20H22F2N10O11P2/c21-8-12-6(40-18(8)31-4-27-10-14(23)25-3-26-15(10)31)1-38-45(36,37)43-13-7(2-39-44(34,35)42-12)41-19(9(13)22)32-5-28-11-16(32)29-20(24)30-17(11)33/h3-9,12-13,18-19H,1-2H2,(H,34,35)(H,36,37)(H2,23,25,26)(H3,24,29,30,33)/t6?,7-,8-,9-,12-,13-,18-,19-/m1/s1. The quantitative estimate of drug-likeness (QED) is 0.169. The number of nitrogen functional groups attached to an aromatic ring is 2. The number of rotatable bonds is 2. The number of ether oxygens (including phenoxy) is 2. The first-order valence-corrected chi connectivity index (χ1v) is 15.9. The van der Waals surface area contributed by atoms with Gasteiger partial charge in [-0.1, -0.05) is 0 Å². The van der Waals surface area contributed by atoms with Gasteiger partial charge in [0.2, 0.25) is 5.95 Å². The van der Waals surface area contributed by atoms with Crippen LogP contribution in [-0.2, 0) is 36.7 Å². The summed E-state index contributed by atoms with van der Waals surface area (Å²) in [5.41, 5.74) is 10.4. The summed E-state index contributed by atoms with van der Waals surface area (Å²) in [6, 6.07) is 0. The van der Waals surface area contributed by atoms with Crippen LogP contribution in [-0.4, -0.2) is 98.8 Å². The highest BCUT2D eigenvalue weighted by atomic mass is 31.2. The second-order valence-electron chi connectivity index (χ2n) is 10.0. The number of phosphoric acid groups is 2. The average Bonchev–Trinajstić information content (AvgIpc) is 3.72. The van der Waals surface area contributed by atoms with E-state index in [4.69, 9.17) is 39.0 Å². The topological polar surface area (TPSA) is 289 Å². The molecule has 0 bridgehead atoms. The molecule has 3 fully saturated rings. The Morgan fingerprint density at radius 3 is 1.96 bits per heavy atom. The van der Waals surface area contributed by atoms with Crippen LogP contribution in [0.25, 0.3) is 22.3 Å². The van der Waals surface area contributed by atoms with E-state index in [9.17, 15) is 23.7 Å². The zero-order valence-corrected chi connectivity index (χ0v) is 24.1. The van der Waals surface area contributed by atoms with Crippen molar-refractivity contribution in [1.82, 2.24) is 39.0 Å². The molecule has 0 aromatic carbocycles. The largest absolute Gasteiger partial charge is 0.472 e. The number of nitrogens with two attached hydrogens (primary N) is 2.